The first kappa shape index (κ1) is 14.9. The van der Waals surface area contributed by atoms with Gasteiger partial charge in [0.25, 0.3) is 0 Å². The molecular formula is C17H19FN2O2. The number of rotatable bonds is 4. The molecule has 1 aromatic heterocycles. The van der Waals surface area contributed by atoms with Gasteiger partial charge in [0.1, 0.15) is 17.7 Å². The molecule has 4 nitrogen and oxygen atoms in total. The molecule has 2 heterocycles. The van der Waals surface area contributed by atoms with Crippen molar-refractivity contribution >= 4 is 0 Å². The maximum atomic E-state index is 13.3. The van der Waals surface area contributed by atoms with Gasteiger partial charge in [0.2, 0.25) is 0 Å². The summed E-state index contributed by atoms with van der Waals surface area (Å²) in [4.78, 5) is 4.15. The molecule has 0 bridgehead atoms. The van der Waals surface area contributed by atoms with E-state index in [1.807, 2.05) is 12.1 Å². The van der Waals surface area contributed by atoms with Gasteiger partial charge < -0.3 is 15.2 Å². The van der Waals surface area contributed by atoms with E-state index in [9.17, 15) is 9.50 Å². The van der Waals surface area contributed by atoms with Crippen molar-refractivity contribution in [1.82, 2.24) is 10.3 Å². The van der Waals surface area contributed by atoms with Crippen LogP contribution < -0.4 is 10.1 Å². The quantitative estimate of drug-likeness (QED) is 0.912. The van der Waals surface area contributed by atoms with Crippen LogP contribution in [0.1, 0.15) is 36.2 Å². The molecule has 2 unspecified atom stereocenters. The standard InChI is InChI=1S/C17H19FN2O2/c18-12-6-7-13-14(5-3-9-22-17(13)10-12)20-11-16(21)15-4-1-2-8-19-15/h1-2,4,6-8,10,14,16,20-21H,3,5,9,11H2. The largest absolute Gasteiger partial charge is 0.493 e. The van der Waals surface area contributed by atoms with E-state index < -0.39 is 6.10 Å². The molecule has 0 radical (unpaired) electrons. The van der Waals surface area contributed by atoms with Crippen LogP contribution in [0.2, 0.25) is 0 Å². The SMILES string of the molecule is OC(CNC1CCCOc2cc(F)ccc21)c1ccccn1. The lowest BCUT2D eigenvalue weighted by atomic mass is 10.0. The van der Waals surface area contributed by atoms with Gasteiger partial charge in [-0.2, -0.15) is 0 Å². The lowest BCUT2D eigenvalue weighted by Crippen LogP contribution is -2.26. The average molecular weight is 302 g/mol. The molecule has 0 saturated heterocycles. The predicted octanol–water partition coefficient (Wildman–Crippen LogP) is 2.76. The van der Waals surface area contributed by atoms with Gasteiger partial charge in [-0.05, 0) is 31.0 Å². The van der Waals surface area contributed by atoms with Gasteiger partial charge in [0.05, 0.1) is 12.3 Å². The molecule has 0 aliphatic carbocycles. The molecule has 2 N–H and O–H groups in total. The van der Waals surface area contributed by atoms with Crippen LogP contribution in [0.25, 0.3) is 0 Å². The van der Waals surface area contributed by atoms with Crippen molar-refractivity contribution in [3.8, 4) is 5.75 Å². The fourth-order valence-electron chi connectivity index (χ4n) is 2.69. The number of aliphatic hydroxyl groups excluding tert-OH is 1. The minimum Gasteiger partial charge on any atom is -0.493 e. The molecule has 3 rings (SSSR count). The Morgan fingerprint density at radius 1 is 1.36 bits per heavy atom. The Balaban J connectivity index is 1.70. The predicted molar refractivity (Wildman–Crippen MR) is 81.1 cm³/mol. The topological polar surface area (TPSA) is 54.4 Å². The summed E-state index contributed by atoms with van der Waals surface area (Å²) in [6, 6.07) is 10.1. The van der Waals surface area contributed by atoms with Gasteiger partial charge in [-0.1, -0.05) is 12.1 Å². The molecule has 116 valence electrons. The second-order valence-electron chi connectivity index (χ2n) is 5.40. The maximum Gasteiger partial charge on any atom is 0.126 e. The number of pyridine rings is 1. The van der Waals surface area contributed by atoms with Crippen LogP contribution >= 0.6 is 0 Å². The van der Waals surface area contributed by atoms with Gasteiger partial charge >= 0.3 is 0 Å². The number of ether oxygens (including phenoxy) is 1. The first-order valence-electron chi connectivity index (χ1n) is 7.48. The third kappa shape index (κ3) is 3.43. The Hall–Kier alpha value is -1.98. The number of aromatic nitrogens is 1. The molecule has 0 spiro atoms. The fraction of sp³-hybridized carbons (Fsp3) is 0.353. The highest BCUT2D eigenvalue weighted by molar-refractivity contribution is 5.37. The highest BCUT2D eigenvalue weighted by Crippen LogP contribution is 2.32. The average Bonchev–Trinajstić information content (AvgIpc) is 2.75. The Kier molecular flexibility index (Phi) is 4.65. The summed E-state index contributed by atoms with van der Waals surface area (Å²) in [5.41, 5.74) is 1.58. The summed E-state index contributed by atoms with van der Waals surface area (Å²) in [6.07, 6.45) is 2.76. The minimum atomic E-state index is -0.672. The van der Waals surface area contributed by atoms with E-state index in [1.54, 1.807) is 18.3 Å². The summed E-state index contributed by atoms with van der Waals surface area (Å²) < 4.78 is 18.9. The van der Waals surface area contributed by atoms with Crippen LogP contribution in [-0.2, 0) is 0 Å². The molecule has 1 aromatic carbocycles. The summed E-state index contributed by atoms with van der Waals surface area (Å²) in [6.45, 7) is 0.968. The zero-order valence-corrected chi connectivity index (χ0v) is 12.2. The third-order valence-electron chi connectivity index (χ3n) is 3.83. The first-order valence-corrected chi connectivity index (χ1v) is 7.48. The molecule has 1 aliphatic heterocycles. The van der Waals surface area contributed by atoms with Gasteiger partial charge in [-0.25, -0.2) is 4.39 Å². The van der Waals surface area contributed by atoms with Crippen LogP contribution in [0.3, 0.4) is 0 Å². The van der Waals surface area contributed by atoms with Crippen molar-refractivity contribution in [2.24, 2.45) is 0 Å². The van der Waals surface area contributed by atoms with E-state index in [0.717, 1.165) is 18.4 Å². The van der Waals surface area contributed by atoms with Crippen LogP contribution in [0.15, 0.2) is 42.6 Å². The van der Waals surface area contributed by atoms with Crippen LogP contribution in [-0.4, -0.2) is 23.2 Å². The number of hydrogen-bond acceptors (Lipinski definition) is 4. The van der Waals surface area contributed by atoms with Crippen molar-refractivity contribution in [2.75, 3.05) is 13.2 Å². The molecular weight excluding hydrogens is 283 g/mol. The number of halogens is 1. The first-order chi connectivity index (χ1) is 10.7. The van der Waals surface area contributed by atoms with E-state index in [2.05, 4.69) is 10.3 Å². The Morgan fingerprint density at radius 3 is 3.09 bits per heavy atom. The smallest absolute Gasteiger partial charge is 0.126 e. The third-order valence-corrected chi connectivity index (χ3v) is 3.83. The fourth-order valence-corrected chi connectivity index (χ4v) is 2.69. The number of nitrogens with one attached hydrogen (secondary N) is 1. The number of hydrogen-bond donors (Lipinski definition) is 2. The van der Waals surface area contributed by atoms with Gasteiger partial charge in [-0.3, -0.25) is 4.98 Å². The van der Waals surface area contributed by atoms with Crippen molar-refractivity contribution < 1.29 is 14.2 Å². The molecule has 2 aromatic rings. The van der Waals surface area contributed by atoms with Crippen molar-refractivity contribution in [1.29, 1.82) is 0 Å². The summed E-state index contributed by atoms with van der Waals surface area (Å²) in [5.74, 6) is 0.287. The molecule has 22 heavy (non-hydrogen) atoms. The van der Waals surface area contributed by atoms with Crippen LogP contribution in [0.4, 0.5) is 4.39 Å². The highest BCUT2D eigenvalue weighted by Gasteiger charge is 2.21. The molecule has 2 atom stereocenters. The lowest BCUT2D eigenvalue weighted by molar-refractivity contribution is 0.164. The molecule has 0 fully saturated rings. The van der Waals surface area contributed by atoms with E-state index in [0.29, 0.717) is 24.6 Å². The molecule has 5 heteroatoms. The van der Waals surface area contributed by atoms with Crippen molar-refractivity contribution in [3.63, 3.8) is 0 Å². The van der Waals surface area contributed by atoms with Gasteiger partial charge in [0.15, 0.2) is 0 Å². The van der Waals surface area contributed by atoms with Gasteiger partial charge in [0, 0.05) is 30.4 Å². The Labute approximate surface area is 129 Å². The normalized spacial score (nSPS) is 18.9. The molecule has 0 saturated carbocycles. The Morgan fingerprint density at radius 2 is 2.27 bits per heavy atom. The summed E-state index contributed by atoms with van der Waals surface area (Å²) in [5, 5.41) is 13.5. The second-order valence-corrected chi connectivity index (χ2v) is 5.40. The van der Waals surface area contributed by atoms with Crippen LogP contribution in [0, 0.1) is 5.82 Å². The second kappa shape index (κ2) is 6.85. The number of benzene rings is 1. The summed E-state index contributed by atoms with van der Waals surface area (Å²) in [7, 11) is 0. The minimum absolute atomic E-state index is 0.0384. The Bertz CT molecular complexity index is 621. The number of fused-ring (bicyclic) bond motifs is 1. The van der Waals surface area contributed by atoms with E-state index in [1.165, 1.54) is 12.1 Å². The monoisotopic (exact) mass is 302 g/mol. The number of aliphatic hydroxyl groups is 1. The van der Waals surface area contributed by atoms with Crippen LogP contribution in [0.5, 0.6) is 5.75 Å². The van der Waals surface area contributed by atoms with E-state index in [-0.39, 0.29) is 11.9 Å². The van der Waals surface area contributed by atoms with Crippen molar-refractivity contribution in [2.45, 2.75) is 25.0 Å². The maximum absolute atomic E-state index is 13.3. The van der Waals surface area contributed by atoms with E-state index in [4.69, 9.17) is 4.74 Å². The van der Waals surface area contributed by atoms with Crippen molar-refractivity contribution in [3.05, 3.63) is 59.7 Å². The zero-order valence-electron chi connectivity index (χ0n) is 12.2. The lowest BCUT2D eigenvalue weighted by Gasteiger charge is -2.20. The highest BCUT2D eigenvalue weighted by atomic mass is 19.1. The van der Waals surface area contributed by atoms with Gasteiger partial charge in [-0.15, -0.1) is 0 Å². The summed E-state index contributed by atoms with van der Waals surface area (Å²) >= 11 is 0. The molecule has 1 aliphatic rings. The zero-order chi connectivity index (χ0) is 15.4. The molecule has 0 amide bonds. The van der Waals surface area contributed by atoms with E-state index >= 15 is 0 Å². The number of nitrogens with zero attached hydrogens (tertiary/aromatic N) is 1.